The van der Waals surface area contributed by atoms with Gasteiger partial charge >= 0.3 is 0 Å². The van der Waals surface area contributed by atoms with Crippen LogP contribution in [-0.4, -0.2) is 22.7 Å². The molecule has 0 radical (unpaired) electrons. The number of benzene rings is 2. The summed E-state index contributed by atoms with van der Waals surface area (Å²) >= 11 is 0. The minimum atomic E-state index is -0.758. The Hall–Kier alpha value is -3.45. The zero-order valence-corrected chi connectivity index (χ0v) is 17.1. The quantitative estimate of drug-likeness (QED) is 0.254. The normalized spacial score (nSPS) is 11.3. The van der Waals surface area contributed by atoms with Crippen molar-refractivity contribution in [3.05, 3.63) is 79.3 Å². The van der Waals surface area contributed by atoms with Crippen LogP contribution < -0.4 is 4.74 Å². The zero-order valence-electron chi connectivity index (χ0n) is 17.1. The van der Waals surface area contributed by atoms with Gasteiger partial charge < -0.3 is 4.74 Å². The highest BCUT2D eigenvalue weighted by atomic mass is 19.1. The first kappa shape index (κ1) is 21.3. The van der Waals surface area contributed by atoms with E-state index in [4.69, 9.17) is 4.74 Å². The van der Waals surface area contributed by atoms with Gasteiger partial charge in [-0.1, -0.05) is 42.7 Å². The molecule has 0 saturated carbocycles. The fraction of sp³-hybridized carbons (Fsp3) is 0.231. The molecule has 3 rings (SSSR count). The first-order valence-corrected chi connectivity index (χ1v) is 10.0. The van der Waals surface area contributed by atoms with Gasteiger partial charge in [0, 0.05) is 29.9 Å². The molecule has 1 unspecified atom stereocenters. The van der Waals surface area contributed by atoms with E-state index in [9.17, 15) is 4.39 Å². The van der Waals surface area contributed by atoms with Crippen molar-refractivity contribution in [2.75, 3.05) is 6.61 Å². The van der Waals surface area contributed by atoms with Gasteiger partial charge in [-0.05, 0) is 55.2 Å². The Kier molecular flexibility index (Phi) is 7.74. The third-order valence-corrected chi connectivity index (χ3v) is 4.53. The Labute approximate surface area is 177 Å². The maximum Gasteiger partial charge on any atom is 0.129 e. The van der Waals surface area contributed by atoms with Gasteiger partial charge in [-0.25, -0.2) is 4.39 Å². The number of hydrogen-bond donors (Lipinski definition) is 0. The molecule has 0 fully saturated rings. The van der Waals surface area contributed by atoms with E-state index in [2.05, 4.69) is 28.4 Å². The molecule has 3 nitrogen and oxygen atoms in total. The molecule has 0 aliphatic carbocycles. The van der Waals surface area contributed by atoms with E-state index in [0.717, 1.165) is 40.1 Å². The van der Waals surface area contributed by atoms with E-state index in [1.165, 1.54) is 0 Å². The van der Waals surface area contributed by atoms with Gasteiger partial charge in [0.25, 0.3) is 0 Å². The second-order valence-electron chi connectivity index (χ2n) is 6.95. The molecular weight excluding hydrogens is 375 g/mol. The number of halogens is 1. The summed E-state index contributed by atoms with van der Waals surface area (Å²) in [6, 6.07) is 14.1. The van der Waals surface area contributed by atoms with E-state index in [1.807, 2.05) is 42.5 Å². The summed E-state index contributed by atoms with van der Waals surface area (Å²) in [5, 5.41) is 0. The molecular formula is C26H25FN2O. The van der Waals surface area contributed by atoms with Crippen molar-refractivity contribution in [2.45, 2.75) is 32.4 Å². The molecule has 0 bridgehead atoms. The Morgan fingerprint density at radius 3 is 2.63 bits per heavy atom. The molecule has 0 aliphatic rings. The lowest BCUT2D eigenvalue weighted by Gasteiger charge is -2.12. The summed E-state index contributed by atoms with van der Waals surface area (Å²) in [4.78, 5) is 8.53. The molecule has 0 spiro atoms. The largest absolute Gasteiger partial charge is 0.489 e. The predicted molar refractivity (Wildman–Crippen MR) is 120 cm³/mol. The third kappa shape index (κ3) is 6.02. The number of hydrogen-bond acceptors (Lipinski definition) is 3. The summed E-state index contributed by atoms with van der Waals surface area (Å²) in [5.74, 6) is 6.99. The number of aromatic nitrogens is 2. The number of alkyl halides is 1. The van der Waals surface area contributed by atoms with Gasteiger partial charge in [0.05, 0.1) is 18.1 Å². The highest BCUT2D eigenvalue weighted by Gasteiger charge is 2.10. The second kappa shape index (κ2) is 10.9. The van der Waals surface area contributed by atoms with Crippen molar-refractivity contribution in [3.8, 4) is 40.0 Å². The van der Waals surface area contributed by atoms with Crippen molar-refractivity contribution < 1.29 is 9.13 Å². The maximum atomic E-state index is 12.8. The van der Waals surface area contributed by atoms with Crippen LogP contribution in [0.4, 0.5) is 4.39 Å². The fourth-order valence-corrected chi connectivity index (χ4v) is 3.00. The van der Waals surface area contributed by atoms with E-state index < -0.39 is 6.17 Å². The molecule has 1 aromatic heterocycles. The maximum absolute atomic E-state index is 12.8. The number of rotatable bonds is 8. The zero-order chi connectivity index (χ0) is 21.2. The van der Waals surface area contributed by atoms with Crippen LogP contribution in [-0.2, 0) is 0 Å². The van der Waals surface area contributed by atoms with Crippen molar-refractivity contribution in [1.29, 1.82) is 0 Å². The standard InChI is InChI=1S/C26H25FN2O/c1-3-17-30-26-18-23(13-14-24(26)25-19-28-15-16-29-25)22-11-9-21(10-12-22)8-6-4-5-7-20(2)27/h3,9-16,18-20H,1,4-5,7,17H2,2H3. The van der Waals surface area contributed by atoms with Crippen LogP contribution in [0, 0.1) is 11.8 Å². The lowest BCUT2D eigenvalue weighted by molar-refractivity contribution is 0.336. The summed E-state index contributed by atoms with van der Waals surface area (Å²) in [5.41, 5.74) is 4.71. The Balaban J connectivity index is 1.78. The van der Waals surface area contributed by atoms with Crippen LogP contribution in [0.1, 0.15) is 31.7 Å². The number of nitrogens with zero attached hydrogens (tertiary/aromatic N) is 2. The minimum Gasteiger partial charge on any atom is -0.489 e. The second-order valence-corrected chi connectivity index (χ2v) is 6.95. The SMILES string of the molecule is C=CCOc1cc(-c2ccc(C#CCCCC(C)F)cc2)ccc1-c1cnccn1. The van der Waals surface area contributed by atoms with Crippen LogP contribution in [0.15, 0.2) is 73.7 Å². The molecule has 0 amide bonds. The van der Waals surface area contributed by atoms with Crippen molar-refractivity contribution >= 4 is 0 Å². The van der Waals surface area contributed by atoms with Crippen LogP contribution in [0.2, 0.25) is 0 Å². The number of unbranched alkanes of at least 4 members (excludes halogenated alkanes) is 1. The lowest BCUT2D eigenvalue weighted by atomic mass is 10.0. The molecule has 152 valence electrons. The molecule has 2 aromatic carbocycles. The minimum absolute atomic E-state index is 0.409. The predicted octanol–water partition coefficient (Wildman–Crippen LogP) is 6.26. The highest BCUT2D eigenvalue weighted by Crippen LogP contribution is 2.33. The molecule has 0 saturated heterocycles. The van der Waals surface area contributed by atoms with Crippen LogP contribution >= 0.6 is 0 Å². The van der Waals surface area contributed by atoms with E-state index in [0.29, 0.717) is 19.4 Å². The van der Waals surface area contributed by atoms with Crippen molar-refractivity contribution in [2.24, 2.45) is 0 Å². The van der Waals surface area contributed by atoms with Gasteiger partial charge in [-0.3, -0.25) is 9.97 Å². The van der Waals surface area contributed by atoms with Gasteiger partial charge in [0.2, 0.25) is 0 Å². The topological polar surface area (TPSA) is 35.0 Å². The average molecular weight is 400 g/mol. The third-order valence-electron chi connectivity index (χ3n) is 4.53. The van der Waals surface area contributed by atoms with Crippen LogP contribution in [0.5, 0.6) is 5.75 Å². The summed E-state index contributed by atoms with van der Waals surface area (Å²) < 4.78 is 18.7. The molecule has 4 heteroatoms. The average Bonchev–Trinajstić information content (AvgIpc) is 2.78. The first-order chi connectivity index (χ1) is 14.7. The smallest absolute Gasteiger partial charge is 0.129 e. The van der Waals surface area contributed by atoms with E-state index in [-0.39, 0.29) is 0 Å². The van der Waals surface area contributed by atoms with E-state index >= 15 is 0 Å². The van der Waals surface area contributed by atoms with Gasteiger partial charge in [-0.2, -0.15) is 0 Å². The van der Waals surface area contributed by atoms with Crippen LogP contribution in [0.25, 0.3) is 22.4 Å². The van der Waals surface area contributed by atoms with Crippen LogP contribution in [0.3, 0.4) is 0 Å². The lowest BCUT2D eigenvalue weighted by Crippen LogP contribution is -1.97. The molecule has 1 heterocycles. The van der Waals surface area contributed by atoms with E-state index in [1.54, 1.807) is 31.6 Å². The molecule has 30 heavy (non-hydrogen) atoms. The molecule has 0 N–H and O–H groups in total. The van der Waals surface area contributed by atoms with Crippen molar-refractivity contribution in [1.82, 2.24) is 9.97 Å². The summed E-state index contributed by atoms with van der Waals surface area (Å²) in [6.45, 7) is 5.72. The van der Waals surface area contributed by atoms with Gasteiger partial charge in [-0.15, -0.1) is 0 Å². The highest BCUT2D eigenvalue weighted by molar-refractivity contribution is 5.74. The van der Waals surface area contributed by atoms with Gasteiger partial charge in [0.15, 0.2) is 0 Å². The Morgan fingerprint density at radius 1 is 1.13 bits per heavy atom. The molecule has 0 aliphatic heterocycles. The molecule has 3 aromatic rings. The molecule has 1 atom stereocenters. The fourth-order valence-electron chi connectivity index (χ4n) is 3.00. The Bertz CT molecular complexity index is 1020. The monoisotopic (exact) mass is 400 g/mol. The summed E-state index contributed by atoms with van der Waals surface area (Å²) in [6.07, 6.45) is 8.05. The van der Waals surface area contributed by atoms with Crippen molar-refractivity contribution in [3.63, 3.8) is 0 Å². The summed E-state index contributed by atoms with van der Waals surface area (Å²) in [7, 11) is 0. The Morgan fingerprint density at radius 2 is 1.93 bits per heavy atom. The number of ether oxygens (including phenoxy) is 1. The first-order valence-electron chi connectivity index (χ1n) is 10.0. The van der Waals surface area contributed by atoms with Gasteiger partial charge in [0.1, 0.15) is 12.4 Å².